The molecule has 1 unspecified atom stereocenters. The van der Waals surface area contributed by atoms with Crippen molar-refractivity contribution in [2.24, 2.45) is 12.9 Å². The fraction of sp³-hybridized carbons (Fsp3) is 0.182. The number of hydrogen-bond donors (Lipinski definition) is 3. The third kappa shape index (κ3) is 2.19. The first-order chi connectivity index (χ1) is 8.15. The maximum absolute atomic E-state index is 5.96. The SMILES string of the molecule is Cn1ncc(Br)c1C(NN)c1ccccc1N. The molecule has 0 amide bonds. The number of nitrogens with two attached hydrogens (primary N) is 2. The first kappa shape index (κ1) is 12.1. The molecule has 0 saturated heterocycles. The van der Waals surface area contributed by atoms with E-state index in [0.29, 0.717) is 5.69 Å². The highest BCUT2D eigenvalue weighted by atomic mass is 79.9. The predicted octanol–water partition coefficient (Wildman–Crippen LogP) is 1.32. The van der Waals surface area contributed by atoms with Gasteiger partial charge in [0, 0.05) is 12.7 Å². The van der Waals surface area contributed by atoms with Crippen LogP contribution in [0.1, 0.15) is 17.3 Å². The lowest BCUT2D eigenvalue weighted by Gasteiger charge is -2.19. The van der Waals surface area contributed by atoms with Crippen molar-refractivity contribution in [1.29, 1.82) is 0 Å². The number of nitrogen functional groups attached to an aromatic ring is 1. The van der Waals surface area contributed by atoms with E-state index in [0.717, 1.165) is 15.7 Å². The third-order valence-corrected chi connectivity index (χ3v) is 3.30. The van der Waals surface area contributed by atoms with E-state index in [9.17, 15) is 0 Å². The molecule has 2 rings (SSSR count). The van der Waals surface area contributed by atoms with Crippen molar-refractivity contribution in [3.05, 3.63) is 46.2 Å². The Morgan fingerprint density at radius 2 is 2.12 bits per heavy atom. The van der Waals surface area contributed by atoms with Crippen molar-refractivity contribution in [3.8, 4) is 0 Å². The van der Waals surface area contributed by atoms with Crippen LogP contribution in [0.15, 0.2) is 34.9 Å². The van der Waals surface area contributed by atoms with E-state index in [1.165, 1.54) is 0 Å². The molecule has 0 aliphatic heterocycles. The van der Waals surface area contributed by atoms with E-state index in [1.807, 2.05) is 31.3 Å². The summed E-state index contributed by atoms with van der Waals surface area (Å²) in [7, 11) is 1.86. The number of aromatic nitrogens is 2. The van der Waals surface area contributed by atoms with Gasteiger partial charge in [-0.1, -0.05) is 18.2 Å². The second-order valence-electron chi connectivity index (χ2n) is 3.73. The highest BCUT2D eigenvalue weighted by molar-refractivity contribution is 9.10. The Morgan fingerprint density at radius 1 is 1.41 bits per heavy atom. The molecule has 5 N–H and O–H groups in total. The maximum atomic E-state index is 5.96. The molecule has 17 heavy (non-hydrogen) atoms. The summed E-state index contributed by atoms with van der Waals surface area (Å²) in [4.78, 5) is 0. The van der Waals surface area contributed by atoms with Gasteiger partial charge in [0.15, 0.2) is 0 Å². The lowest BCUT2D eigenvalue weighted by molar-refractivity contribution is 0.574. The zero-order valence-electron chi connectivity index (χ0n) is 9.39. The van der Waals surface area contributed by atoms with Gasteiger partial charge >= 0.3 is 0 Å². The molecule has 1 aromatic carbocycles. The largest absolute Gasteiger partial charge is 0.398 e. The zero-order chi connectivity index (χ0) is 12.4. The van der Waals surface area contributed by atoms with Crippen LogP contribution in [0.2, 0.25) is 0 Å². The molecule has 0 spiro atoms. The summed E-state index contributed by atoms with van der Waals surface area (Å²) in [6, 6.07) is 7.42. The van der Waals surface area contributed by atoms with Gasteiger partial charge in [0.25, 0.3) is 0 Å². The van der Waals surface area contributed by atoms with E-state index in [-0.39, 0.29) is 6.04 Å². The Hall–Kier alpha value is -1.37. The fourth-order valence-corrected chi connectivity index (χ4v) is 2.41. The van der Waals surface area contributed by atoms with Crippen LogP contribution in [0.25, 0.3) is 0 Å². The van der Waals surface area contributed by atoms with Gasteiger partial charge < -0.3 is 5.73 Å². The molecule has 0 bridgehead atoms. The number of anilines is 1. The molecule has 1 atom stereocenters. The number of hydrogen-bond acceptors (Lipinski definition) is 4. The molecule has 5 nitrogen and oxygen atoms in total. The molecule has 0 aliphatic rings. The van der Waals surface area contributed by atoms with Gasteiger partial charge in [-0.05, 0) is 27.6 Å². The average molecular weight is 296 g/mol. The number of aryl methyl sites for hydroxylation is 1. The number of hydrazine groups is 1. The van der Waals surface area contributed by atoms with Crippen molar-refractivity contribution in [2.45, 2.75) is 6.04 Å². The fourth-order valence-electron chi connectivity index (χ4n) is 1.83. The number of nitrogens with one attached hydrogen (secondary N) is 1. The Bertz CT molecular complexity index is 503. The first-order valence-corrected chi connectivity index (χ1v) is 5.92. The number of rotatable bonds is 3. The summed E-state index contributed by atoms with van der Waals surface area (Å²) in [6.45, 7) is 0. The quantitative estimate of drug-likeness (QED) is 0.453. The Balaban J connectivity index is 2.52. The second-order valence-corrected chi connectivity index (χ2v) is 4.58. The van der Waals surface area contributed by atoms with Gasteiger partial charge in [-0.15, -0.1) is 0 Å². The van der Waals surface area contributed by atoms with Crippen molar-refractivity contribution >= 4 is 21.6 Å². The summed E-state index contributed by atoms with van der Waals surface area (Å²) in [5.41, 5.74) is 11.3. The molecular weight excluding hydrogens is 282 g/mol. The van der Waals surface area contributed by atoms with Crippen molar-refractivity contribution in [1.82, 2.24) is 15.2 Å². The van der Waals surface area contributed by atoms with Crippen LogP contribution in [-0.2, 0) is 7.05 Å². The van der Waals surface area contributed by atoms with Crippen molar-refractivity contribution < 1.29 is 0 Å². The van der Waals surface area contributed by atoms with E-state index >= 15 is 0 Å². The first-order valence-electron chi connectivity index (χ1n) is 5.13. The summed E-state index contributed by atoms with van der Waals surface area (Å²) in [6.07, 6.45) is 1.73. The highest BCUT2D eigenvalue weighted by Crippen LogP contribution is 2.30. The predicted molar refractivity (Wildman–Crippen MR) is 70.9 cm³/mol. The second kappa shape index (κ2) is 4.87. The minimum absolute atomic E-state index is 0.196. The van der Waals surface area contributed by atoms with Crippen LogP contribution in [0.3, 0.4) is 0 Å². The maximum Gasteiger partial charge on any atom is 0.0909 e. The van der Waals surface area contributed by atoms with E-state index in [4.69, 9.17) is 11.6 Å². The summed E-state index contributed by atoms with van der Waals surface area (Å²) in [5, 5.41) is 4.17. The molecular formula is C11H14BrN5. The van der Waals surface area contributed by atoms with Crippen LogP contribution < -0.4 is 17.0 Å². The van der Waals surface area contributed by atoms with E-state index in [2.05, 4.69) is 26.5 Å². The number of halogens is 1. The Labute approximate surface area is 108 Å². The summed E-state index contributed by atoms with van der Waals surface area (Å²) < 4.78 is 2.66. The monoisotopic (exact) mass is 295 g/mol. The topological polar surface area (TPSA) is 81.9 Å². The van der Waals surface area contributed by atoms with Gasteiger partial charge in [-0.3, -0.25) is 10.5 Å². The lowest BCUT2D eigenvalue weighted by Crippen LogP contribution is -2.31. The molecule has 0 aliphatic carbocycles. The summed E-state index contributed by atoms with van der Waals surface area (Å²) in [5.74, 6) is 5.64. The zero-order valence-corrected chi connectivity index (χ0v) is 11.0. The van der Waals surface area contributed by atoms with Crippen LogP contribution in [0.4, 0.5) is 5.69 Å². The third-order valence-electron chi connectivity index (χ3n) is 2.68. The van der Waals surface area contributed by atoms with Crippen molar-refractivity contribution in [2.75, 3.05) is 5.73 Å². The number of benzene rings is 1. The normalized spacial score (nSPS) is 12.6. The lowest BCUT2D eigenvalue weighted by atomic mass is 10.0. The van der Waals surface area contributed by atoms with Crippen LogP contribution in [0, 0.1) is 0 Å². The van der Waals surface area contributed by atoms with E-state index < -0.39 is 0 Å². The molecule has 1 aromatic heterocycles. The smallest absolute Gasteiger partial charge is 0.0909 e. The average Bonchev–Trinajstić information content (AvgIpc) is 2.64. The van der Waals surface area contributed by atoms with Crippen LogP contribution in [-0.4, -0.2) is 9.78 Å². The highest BCUT2D eigenvalue weighted by Gasteiger charge is 2.21. The van der Waals surface area contributed by atoms with Crippen LogP contribution in [0.5, 0.6) is 0 Å². The standard InChI is InChI=1S/C11H14BrN5/c1-17-11(8(12)6-15-17)10(16-14)7-4-2-3-5-9(7)13/h2-6,10,16H,13-14H2,1H3. The molecule has 0 radical (unpaired) electrons. The van der Waals surface area contributed by atoms with Crippen LogP contribution >= 0.6 is 15.9 Å². The number of para-hydroxylation sites is 1. The van der Waals surface area contributed by atoms with Gasteiger partial charge in [0.1, 0.15) is 0 Å². The van der Waals surface area contributed by atoms with Gasteiger partial charge in [-0.2, -0.15) is 5.10 Å². The van der Waals surface area contributed by atoms with Crippen molar-refractivity contribution in [3.63, 3.8) is 0 Å². The van der Waals surface area contributed by atoms with E-state index in [1.54, 1.807) is 10.9 Å². The molecule has 0 fully saturated rings. The minimum Gasteiger partial charge on any atom is -0.398 e. The molecule has 6 heteroatoms. The molecule has 1 heterocycles. The molecule has 90 valence electrons. The molecule has 0 saturated carbocycles. The van der Waals surface area contributed by atoms with Gasteiger partial charge in [-0.25, -0.2) is 5.43 Å². The molecule has 2 aromatic rings. The number of nitrogens with zero attached hydrogens (tertiary/aromatic N) is 2. The summed E-state index contributed by atoms with van der Waals surface area (Å²) >= 11 is 3.46. The van der Waals surface area contributed by atoms with Gasteiger partial charge in [0.05, 0.1) is 22.4 Å². The minimum atomic E-state index is -0.196. The van der Waals surface area contributed by atoms with Gasteiger partial charge in [0.2, 0.25) is 0 Å². The Morgan fingerprint density at radius 3 is 2.65 bits per heavy atom. The Kier molecular flexibility index (Phi) is 3.46.